The van der Waals surface area contributed by atoms with Gasteiger partial charge in [-0.05, 0) is 45.2 Å². The van der Waals surface area contributed by atoms with Gasteiger partial charge in [0.05, 0.1) is 24.7 Å². The molecule has 21 heavy (non-hydrogen) atoms. The van der Waals surface area contributed by atoms with E-state index in [0.717, 1.165) is 24.9 Å². The van der Waals surface area contributed by atoms with Crippen molar-refractivity contribution in [3.63, 3.8) is 0 Å². The van der Waals surface area contributed by atoms with E-state index in [9.17, 15) is 9.59 Å². The molecule has 2 aliphatic heterocycles. The Hall–Kier alpha value is -1.68. The topological polar surface area (TPSA) is 41.8 Å². The van der Waals surface area contributed by atoms with Gasteiger partial charge in [0, 0.05) is 0 Å². The zero-order chi connectivity index (χ0) is 15.0. The van der Waals surface area contributed by atoms with Crippen molar-refractivity contribution in [1.29, 1.82) is 0 Å². The second kappa shape index (κ2) is 5.60. The second-order valence-corrected chi connectivity index (χ2v) is 6.38. The zero-order valence-electron chi connectivity index (χ0n) is 12.8. The third-order valence-corrected chi connectivity index (χ3v) is 4.87. The van der Waals surface area contributed by atoms with Crippen LogP contribution in [-0.4, -0.2) is 30.4 Å². The lowest BCUT2D eigenvalue weighted by atomic mass is 10.0. The van der Waals surface area contributed by atoms with Crippen LogP contribution in [-0.2, 0) is 9.59 Å². The summed E-state index contributed by atoms with van der Waals surface area (Å²) in [5.74, 6) is -0.0771. The lowest BCUT2D eigenvalue weighted by molar-refractivity contribution is -0.942. The quantitative estimate of drug-likeness (QED) is 0.827. The van der Waals surface area contributed by atoms with Crippen LogP contribution in [0.25, 0.3) is 0 Å². The van der Waals surface area contributed by atoms with Gasteiger partial charge in [0.1, 0.15) is 0 Å². The average Bonchev–Trinajstić information content (AvgIpc) is 2.76. The Kier molecular flexibility index (Phi) is 3.81. The summed E-state index contributed by atoms with van der Waals surface area (Å²) < 4.78 is 0. The fourth-order valence-corrected chi connectivity index (χ4v) is 3.62. The number of amides is 2. The number of benzene rings is 1. The van der Waals surface area contributed by atoms with Crippen LogP contribution in [0.1, 0.15) is 38.2 Å². The van der Waals surface area contributed by atoms with E-state index in [2.05, 4.69) is 6.92 Å². The predicted molar refractivity (Wildman–Crippen MR) is 81.2 cm³/mol. The van der Waals surface area contributed by atoms with E-state index in [4.69, 9.17) is 0 Å². The van der Waals surface area contributed by atoms with Gasteiger partial charge in [-0.25, -0.2) is 4.90 Å². The maximum atomic E-state index is 12.7. The van der Waals surface area contributed by atoms with Crippen molar-refractivity contribution in [1.82, 2.24) is 0 Å². The fraction of sp³-hybridized carbons (Fsp3) is 0.529. The molecule has 2 amide bonds. The number of carbonyl (C=O) groups is 2. The fourth-order valence-electron chi connectivity index (χ4n) is 3.62. The van der Waals surface area contributed by atoms with Crippen molar-refractivity contribution in [2.24, 2.45) is 0 Å². The summed E-state index contributed by atoms with van der Waals surface area (Å²) in [7, 11) is 0. The van der Waals surface area contributed by atoms with E-state index < -0.39 is 0 Å². The molecule has 4 heteroatoms. The molecule has 2 aliphatic rings. The normalized spacial score (nSPS) is 30.0. The van der Waals surface area contributed by atoms with E-state index in [1.54, 1.807) is 0 Å². The van der Waals surface area contributed by atoms with E-state index in [1.165, 1.54) is 16.2 Å². The summed E-state index contributed by atoms with van der Waals surface area (Å²) in [4.78, 5) is 27.7. The van der Waals surface area contributed by atoms with Crippen molar-refractivity contribution in [3.05, 3.63) is 29.8 Å². The molecule has 1 aromatic carbocycles. The molecule has 4 nitrogen and oxygen atoms in total. The Balaban J connectivity index is 1.83. The number of piperidine rings is 1. The lowest BCUT2D eigenvalue weighted by Crippen LogP contribution is -3.20. The number of carbonyl (C=O) groups excluding carboxylic acids is 2. The minimum absolute atomic E-state index is 0.0207. The predicted octanol–water partition coefficient (Wildman–Crippen LogP) is 1.08. The highest BCUT2D eigenvalue weighted by atomic mass is 16.2. The van der Waals surface area contributed by atoms with Crippen LogP contribution in [0, 0.1) is 6.92 Å². The van der Waals surface area contributed by atoms with Crippen molar-refractivity contribution in [2.75, 3.05) is 11.4 Å². The molecule has 2 saturated heterocycles. The van der Waals surface area contributed by atoms with Crippen molar-refractivity contribution in [3.8, 4) is 0 Å². The number of anilines is 1. The van der Waals surface area contributed by atoms with Crippen molar-refractivity contribution < 1.29 is 14.5 Å². The van der Waals surface area contributed by atoms with Crippen molar-refractivity contribution >= 4 is 17.5 Å². The molecule has 3 rings (SSSR count). The van der Waals surface area contributed by atoms with Gasteiger partial charge in [-0.1, -0.05) is 17.7 Å². The van der Waals surface area contributed by atoms with Gasteiger partial charge < -0.3 is 4.90 Å². The Labute approximate surface area is 125 Å². The number of imide groups is 1. The highest BCUT2D eigenvalue weighted by molar-refractivity contribution is 6.21. The highest BCUT2D eigenvalue weighted by Crippen LogP contribution is 2.23. The number of likely N-dealkylation sites (tertiary alicyclic amines) is 1. The van der Waals surface area contributed by atoms with E-state index in [-0.39, 0.29) is 17.9 Å². The average molecular weight is 287 g/mol. The first-order valence-electron chi connectivity index (χ1n) is 7.87. The molecule has 0 aromatic heterocycles. The van der Waals surface area contributed by atoms with Crippen LogP contribution in [0.2, 0.25) is 0 Å². The molecule has 0 aliphatic carbocycles. The molecule has 112 valence electrons. The first kappa shape index (κ1) is 14.3. The minimum atomic E-state index is -0.186. The lowest BCUT2D eigenvalue weighted by Gasteiger charge is -2.33. The minimum Gasteiger partial charge on any atom is -0.322 e. The molecule has 1 aromatic rings. The van der Waals surface area contributed by atoms with Gasteiger partial charge in [-0.15, -0.1) is 0 Å². The third kappa shape index (κ3) is 2.60. The summed E-state index contributed by atoms with van der Waals surface area (Å²) in [5, 5.41) is 0. The Morgan fingerprint density at radius 3 is 2.52 bits per heavy atom. The Morgan fingerprint density at radius 2 is 1.86 bits per heavy atom. The smallest absolute Gasteiger partial charge is 0.292 e. The van der Waals surface area contributed by atoms with Gasteiger partial charge >= 0.3 is 0 Å². The molecule has 0 saturated carbocycles. The maximum absolute atomic E-state index is 12.7. The van der Waals surface area contributed by atoms with Crippen LogP contribution < -0.4 is 9.80 Å². The van der Waals surface area contributed by atoms with Crippen LogP contribution in [0.4, 0.5) is 5.69 Å². The molecule has 0 bridgehead atoms. The molecule has 2 heterocycles. The highest BCUT2D eigenvalue weighted by Gasteiger charge is 2.47. The molecule has 2 fully saturated rings. The van der Waals surface area contributed by atoms with Crippen LogP contribution in [0.15, 0.2) is 24.3 Å². The molecule has 0 spiro atoms. The van der Waals surface area contributed by atoms with Crippen LogP contribution >= 0.6 is 0 Å². The number of hydrogen-bond acceptors (Lipinski definition) is 2. The molecule has 1 N–H and O–H groups in total. The SMILES string of the molecule is Cc1ccc(N2C(=O)C[C@@H]([NH+]3CCCC[C@@H]3C)C2=O)cc1. The van der Waals surface area contributed by atoms with Gasteiger partial charge in [0.25, 0.3) is 5.91 Å². The molecule has 1 unspecified atom stereocenters. The van der Waals surface area contributed by atoms with Gasteiger partial charge in [-0.2, -0.15) is 0 Å². The monoisotopic (exact) mass is 287 g/mol. The van der Waals surface area contributed by atoms with Crippen LogP contribution in [0.3, 0.4) is 0 Å². The summed E-state index contributed by atoms with van der Waals surface area (Å²) in [6, 6.07) is 7.90. The van der Waals surface area contributed by atoms with Crippen molar-refractivity contribution in [2.45, 2.75) is 51.6 Å². The van der Waals surface area contributed by atoms with Gasteiger partial charge in [0.15, 0.2) is 6.04 Å². The third-order valence-electron chi connectivity index (χ3n) is 4.87. The maximum Gasteiger partial charge on any atom is 0.292 e. The van der Waals surface area contributed by atoms with E-state index in [0.29, 0.717) is 18.2 Å². The Morgan fingerprint density at radius 1 is 1.14 bits per heavy atom. The number of aryl methyl sites for hydroxylation is 1. The van der Waals surface area contributed by atoms with Crippen LogP contribution in [0.5, 0.6) is 0 Å². The summed E-state index contributed by atoms with van der Waals surface area (Å²) in [6.07, 6.45) is 3.90. The second-order valence-electron chi connectivity index (χ2n) is 6.38. The zero-order valence-corrected chi connectivity index (χ0v) is 12.8. The summed E-state index contributed by atoms with van der Waals surface area (Å²) >= 11 is 0. The summed E-state index contributed by atoms with van der Waals surface area (Å²) in [6.45, 7) is 5.20. The molecular formula is C17H23N2O2+. The first-order valence-corrected chi connectivity index (χ1v) is 7.87. The largest absolute Gasteiger partial charge is 0.322 e. The van der Waals surface area contributed by atoms with E-state index >= 15 is 0 Å². The molecule has 0 radical (unpaired) electrons. The van der Waals surface area contributed by atoms with Gasteiger partial charge in [0.2, 0.25) is 5.91 Å². The molecule has 3 atom stereocenters. The first-order chi connectivity index (χ1) is 10.1. The molecular weight excluding hydrogens is 264 g/mol. The Bertz CT molecular complexity index is 552. The van der Waals surface area contributed by atoms with E-state index in [1.807, 2.05) is 31.2 Å². The number of nitrogens with one attached hydrogen (secondary N) is 1. The number of quaternary nitrogens is 1. The number of rotatable bonds is 2. The standard InChI is InChI=1S/C17H22N2O2/c1-12-6-8-14(9-7-12)19-16(20)11-15(17(19)21)18-10-4-3-5-13(18)2/h6-9,13,15H,3-5,10-11H2,1-2H3/p+1/t13-,15+/m0/s1. The van der Waals surface area contributed by atoms with Gasteiger partial charge in [-0.3, -0.25) is 9.59 Å². The number of hydrogen-bond donors (Lipinski definition) is 1. The number of nitrogens with zero attached hydrogens (tertiary/aromatic N) is 1. The summed E-state index contributed by atoms with van der Waals surface area (Å²) in [5.41, 5.74) is 1.84.